The molecular formula is C16H31N3O2. The Bertz CT molecular complexity index is 317. The molecule has 1 atom stereocenters. The summed E-state index contributed by atoms with van der Waals surface area (Å²) in [6.07, 6.45) is 2.50. The highest BCUT2D eigenvalue weighted by molar-refractivity contribution is 5.78. The van der Waals surface area contributed by atoms with Gasteiger partial charge in [0.05, 0.1) is 19.8 Å². The van der Waals surface area contributed by atoms with Crippen LogP contribution in [0.5, 0.6) is 0 Å². The van der Waals surface area contributed by atoms with Gasteiger partial charge in [-0.1, -0.05) is 13.8 Å². The SMILES string of the molecule is CC(C)CNCC1CCCN(CC(=O)N2CCOCC2)C1. The van der Waals surface area contributed by atoms with Gasteiger partial charge >= 0.3 is 0 Å². The molecule has 1 N–H and O–H groups in total. The zero-order valence-electron chi connectivity index (χ0n) is 13.6. The maximum atomic E-state index is 12.3. The molecule has 2 heterocycles. The number of likely N-dealkylation sites (tertiary alicyclic amines) is 1. The fourth-order valence-corrected chi connectivity index (χ4v) is 3.14. The van der Waals surface area contributed by atoms with Crippen molar-refractivity contribution in [1.82, 2.24) is 15.1 Å². The van der Waals surface area contributed by atoms with Crippen LogP contribution < -0.4 is 5.32 Å². The lowest BCUT2D eigenvalue weighted by molar-refractivity contribution is -0.136. The Hall–Kier alpha value is -0.650. The van der Waals surface area contributed by atoms with E-state index in [2.05, 4.69) is 24.1 Å². The summed E-state index contributed by atoms with van der Waals surface area (Å²) in [4.78, 5) is 16.6. The van der Waals surface area contributed by atoms with Crippen molar-refractivity contribution in [2.75, 3.05) is 59.0 Å². The van der Waals surface area contributed by atoms with E-state index in [1.54, 1.807) is 0 Å². The summed E-state index contributed by atoms with van der Waals surface area (Å²) in [5.41, 5.74) is 0. The van der Waals surface area contributed by atoms with Gasteiger partial charge in [0.2, 0.25) is 5.91 Å². The van der Waals surface area contributed by atoms with Crippen molar-refractivity contribution < 1.29 is 9.53 Å². The zero-order chi connectivity index (χ0) is 15.1. The van der Waals surface area contributed by atoms with Crippen LogP contribution >= 0.6 is 0 Å². The van der Waals surface area contributed by atoms with E-state index in [4.69, 9.17) is 4.74 Å². The molecule has 122 valence electrons. The predicted molar refractivity (Wildman–Crippen MR) is 84.3 cm³/mol. The molecule has 2 aliphatic rings. The van der Waals surface area contributed by atoms with Crippen LogP contribution in [0, 0.1) is 11.8 Å². The maximum Gasteiger partial charge on any atom is 0.236 e. The third kappa shape index (κ3) is 5.93. The first-order chi connectivity index (χ1) is 10.1. The molecule has 5 heteroatoms. The van der Waals surface area contributed by atoms with Crippen molar-refractivity contribution in [3.8, 4) is 0 Å². The van der Waals surface area contributed by atoms with Crippen molar-refractivity contribution in [2.45, 2.75) is 26.7 Å². The Labute approximate surface area is 129 Å². The highest BCUT2D eigenvalue weighted by atomic mass is 16.5. The van der Waals surface area contributed by atoms with Crippen molar-refractivity contribution >= 4 is 5.91 Å². The largest absolute Gasteiger partial charge is 0.378 e. The lowest BCUT2D eigenvalue weighted by Gasteiger charge is -2.35. The third-order valence-corrected chi connectivity index (χ3v) is 4.31. The van der Waals surface area contributed by atoms with Crippen LogP contribution in [-0.2, 0) is 9.53 Å². The van der Waals surface area contributed by atoms with E-state index in [9.17, 15) is 4.79 Å². The normalized spacial score (nSPS) is 24.5. The Morgan fingerprint density at radius 2 is 2.05 bits per heavy atom. The molecule has 5 nitrogen and oxygen atoms in total. The number of rotatable bonds is 6. The summed E-state index contributed by atoms with van der Waals surface area (Å²) in [5, 5.41) is 3.55. The second kappa shape index (κ2) is 8.71. The summed E-state index contributed by atoms with van der Waals surface area (Å²) in [7, 11) is 0. The number of nitrogens with one attached hydrogen (secondary N) is 1. The van der Waals surface area contributed by atoms with Gasteiger partial charge in [-0.25, -0.2) is 0 Å². The number of carbonyl (C=O) groups excluding carboxylic acids is 1. The summed E-state index contributed by atoms with van der Waals surface area (Å²) < 4.78 is 5.30. The Balaban J connectivity index is 1.69. The van der Waals surface area contributed by atoms with Gasteiger partial charge in [0.1, 0.15) is 0 Å². The minimum atomic E-state index is 0.272. The van der Waals surface area contributed by atoms with Gasteiger partial charge in [-0.3, -0.25) is 9.69 Å². The summed E-state index contributed by atoms with van der Waals surface area (Å²) in [6, 6.07) is 0. The van der Waals surface area contributed by atoms with Crippen molar-refractivity contribution in [3.63, 3.8) is 0 Å². The number of piperidine rings is 1. The van der Waals surface area contributed by atoms with Crippen LogP contribution in [0.25, 0.3) is 0 Å². The van der Waals surface area contributed by atoms with Crippen LogP contribution in [-0.4, -0.2) is 74.7 Å². The van der Waals surface area contributed by atoms with Crippen LogP contribution in [0.2, 0.25) is 0 Å². The van der Waals surface area contributed by atoms with E-state index in [1.807, 2.05) is 4.90 Å². The smallest absolute Gasteiger partial charge is 0.236 e. The molecule has 2 rings (SSSR count). The van der Waals surface area contributed by atoms with Crippen molar-refractivity contribution in [3.05, 3.63) is 0 Å². The second-order valence-electron chi connectivity index (χ2n) is 6.79. The van der Waals surface area contributed by atoms with Crippen molar-refractivity contribution in [2.24, 2.45) is 11.8 Å². The molecule has 0 radical (unpaired) electrons. The number of ether oxygens (including phenoxy) is 1. The molecule has 1 amide bonds. The van der Waals surface area contributed by atoms with Crippen LogP contribution in [0.1, 0.15) is 26.7 Å². The number of amides is 1. The average molecular weight is 297 g/mol. The van der Waals surface area contributed by atoms with Gasteiger partial charge in [-0.05, 0) is 44.3 Å². The molecule has 0 aliphatic carbocycles. The lowest BCUT2D eigenvalue weighted by Crippen LogP contribution is -2.48. The van der Waals surface area contributed by atoms with E-state index >= 15 is 0 Å². The molecule has 2 saturated heterocycles. The molecule has 0 aromatic heterocycles. The summed E-state index contributed by atoms with van der Waals surface area (Å²) in [5.74, 6) is 1.66. The van der Waals surface area contributed by atoms with E-state index in [1.165, 1.54) is 12.8 Å². The molecule has 2 aliphatic heterocycles. The van der Waals surface area contributed by atoms with Crippen LogP contribution in [0.3, 0.4) is 0 Å². The van der Waals surface area contributed by atoms with Crippen LogP contribution in [0.4, 0.5) is 0 Å². The third-order valence-electron chi connectivity index (χ3n) is 4.31. The van der Waals surface area contributed by atoms with Gasteiger partial charge in [0.15, 0.2) is 0 Å². The summed E-state index contributed by atoms with van der Waals surface area (Å²) in [6.45, 7) is 12.2. The zero-order valence-corrected chi connectivity index (χ0v) is 13.6. The fraction of sp³-hybridized carbons (Fsp3) is 0.938. The minimum absolute atomic E-state index is 0.272. The quantitative estimate of drug-likeness (QED) is 0.788. The van der Waals surface area contributed by atoms with Gasteiger partial charge in [-0.15, -0.1) is 0 Å². The second-order valence-corrected chi connectivity index (χ2v) is 6.79. The van der Waals surface area contributed by atoms with Gasteiger partial charge in [-0.2, -0.15) is 0 Å². The average Bonchev–Trinajstić information content (AvgIpc) is 2.48. The van der Waals surface area contributed by atoms with Crippen LogP contribution in [0.15, 0.2) is 0 Å². The lowest BCUT2D eigenvalue weighted by atomic mass is 9.97. The van der Waals surface area contributed by atoms with E-state index in [-0.39, 0.29) is 5.91 Å². The molecule has 0 aromatic carbocycles. The topological polar surface area (TPSA) is 44.8 Å². The fourth-order valence-electron chi connectivity index (χ4n) is 3.14. The monoisotopic (exact) mass is 297 g/mol. The summed E-state index contributed by atoms with van der Waals surface area (Å²) >= 11 is 0. The number of hydrogen-bond acceptors (Lipinski definition) is 4. The number of hydrogen-bond donors (Lipinski definition) is 1. The molecule has 0 aromatic rings. The van der Waals surface area contributed by atoms with Crippen molar-refractivity contribution in [1.29, 1.82) is 0 Å². The van der Waals surface area contributed by atoms with E-state index in [0.717, 1.165) is 39.3 Å². The first-order valence-electron chi connectivity index (χ1n) is 8.43. The number of nitrogens with zero attached hydrogens (tertiary/aromatic N) is 2. The molecule has 0 bridgehead atoms. The first kappa shape index (κ1) is 16.7. The van der Waals surface area contributed by atoms with Gasteiger partial charge < -0.3 is 15.0 Å². The number of carbonyl (C=O) groups is 1. The molecule has 21 heavy (non-hydrogen) atoms. The van der Waals surface area contributed by atoms with E-state index in [0.29, 0.717) is 31.6 Å². The van der Waals surface area contributed by atoms with E-state index < -0.39 is 0 Å². The highest BCUT2D eigenvalue weighted by Gasteiger charge is 2.24. The molecule has 0 saturated carbocycles. The molecule has 1 unspecified atom stereocenters. The Morgan fingerprint density at radius 1 is 1.29 bits per heavy atom. The van der Waals surface area contributed by atoms with Gasteiger partial charge in [0.25, 0.3) is 0 Å². The molecule has 2 fully saturated rings. The highest BCUT2D eigenvalue weighted by Crippen LogP contribution is 2.16. The molecular weight excluding hydrogens is 266 g/mol. The predicted octanol–water partition coefficient (Wildman–Crippen LogP) is 0.803. The van der Waals surface area contributed by atoms with Gasteiger partial charge in [0, 0.05) is 19.6 Å². The standard InChI is InChI=1S/C16H31N3O2/c1-14(2)10-17-11-15-4-3-5-18(12-15)13-16(20)19-6-8-21-9-7-19/h14-15,17H,3-13H2,1-2H3. The Morgan fingerprint density at radius 3 is 2.76 bits per heavy atom. The molecule has 0 spiro atoms. The Kier molecular flexibility index (Phi) is 6.93. The number of morpholine rings is 1. The minimum Gasteiger partial charge on any atom is -0.378 e. The first-order valence-corrected chi connectivity index (χ1v) is 8.43. The maximum absolute atomic E-state index is 12.3.